The molecule has 0 aliphatic carbocycles. The van der Waals surface area contributed by atoms with Gasteiger partial charge in [-0.15, -0.1) is 0 Å². The van der Waals surface area contributed by atoms with Gasteiger partial charge in [-0.05, 0) is 17.7 Å². The second kappa shape index (κ2) is 8.27. The lowest BCUT2D eigenvalue weighted by molar-refractivity contribution is -0.141. The van der Waals surface area contributed by atoms with Gasteiger partial charge in [0, 0.05) is 12.6 Å². The molecule has 0 aliphatic heterocycles. The summed E-state index contributed by atoms with van der Waals surface area (Å²) in [5.74, 6) is -1.43. The number of methoxy groups -OCH3 is 1. The Morgan fingerprint density at radius 1 is 1.11 bits per heavy atom. The van der Waals surface area contributed by atoms with Gasteiger partial charge >= 0.3 is 5.97 Å². The van der Waals surface area contributed by atoms with Crippen LogP contribution in [0.25, 0.3) is 11.3 Å². The van der Waals surface area contributed by atoms with E-state index in [0.717, 1.165) is 5.56 Å². The maximum Gasteiger partial charge on any atom is 0.325 e. The smallest absolute Gasteiger partial charge is 0.325 e. The molecule has 1 heterocycles. The summed E-state index contributed by atoms with van der Waals surface area (Å²) < 4.78 is 23.7. The predicted octanol–water partition coefficient (Wildman–Crippen LogP) is 3.30. The molecule has 0 spiro atoms. The minimum Gasteiger partial charge on any atom is -0.468 e. The van der Waals surface area contributed by atoms with Crippen LogP contribution >= 0.6 is 0 Å². The van der Waals surface area contributed by atoms with Crippen LogP contribution in [-0.4, -0.2) is 35.6 Å². The van der Waals surface area contributed by atoms with E-state index in [1.54, 1.807) is 12.1 Å². The van der Waals surface area contributed by atoms with Crippen molar-refractivity contribution in [2.45, 2.75) is 6.54 Å². The van der Waals surface area contributed by atoms with Crippen LogP contribution in [-0.2, 0) is 16.1 Å². The number of carbonyl (C=O) groups is 2. The van der Waals surface area contributed by atoms with Gasteiger partial charge in [0.25, 0.3) is 5.91 Å². The van der Waals surface area contributed by atoms with E-state index in [-0.39, 0.29) is 30.1 Å². The van der Waals surface area contributed by atoms with Crippen molar-refractivity contribution in [3.8, 4) is 11.3 Å². The number of aromatic nitrogens is 1. The molecule has 0 atom stereocenters. The second-order valence-electron chi connectivity index (χ2n) is 5.78. The van der Waals surface area contributed by atoms with Gasteiger partial charge in [-0.1, -0.05) is 47.6 Å². The summed E-state index contributed by atoms with van der Waals surface area (Å²) in [5.41, 5.74) is 1.02. The highest BCUT2D eigenvalue weighted by atomic mass is 19.1. The van der Waals surface area contributed by atoms with Crippen LogP contribution in [0.5, 0.6) is 0 Å². The summed E-state index contributed by atoms with van der Waals surface area (Å²) in [4.78, 5) is 25.8. The Morgan fingerprint density at radius 2 is 1.81 bits per heavy atom. The summed E-state index contributed by atoms with van der Waals surface area (Å²) in [6, 6.07) is 16.6. The first-order chi connectivity index (χ1) is 13.1. The minimum absolute atomic E-state index is 0.0203. The maximum absolute atomic E-state index is 13.9. The highest BCUT2D eigenvalue weighted by Gasteiger charge is 2.23. The molecule has 1 amide bonds. The number of nitrogens with zero attached hydrogens (tertiary/aromatic N) is 2. The first kappa shape index (κ1) is 18.3. The molecule has 2 aromatic carbocycles. The topological polar surface area (TPSA) is 72.6 Å². The van der Waals surface area contributed by atoms with Crippen molar-refractivity contribution >= 4 is 11.9 Å². The summed E-state index contributed by atoms with van der Waals surface area (Å²) in [5, 5.41) is 3.74. The Kier molecular flexibility index (Phi) is 5.61. The molecule has 7 heteroatoms. The molecule has 0 unspecified atom stereocenters. The SMILES string of the molecule is COC(=O)CN(Cc1ccccc1)C(=O)c1cc(-c2ccccc2F)on1. The van der Waals surface area contributed by atoms with Gasteiger partial charge in [-0.2, -0.15) is 0 Å². The zero-order valence-corrected chi connectivity index (χ0v) is 14.6. The summed E-state index contributed by atoms with van der Waals surface area (Å²) in [7, 11) is 1.25. The van der Waals surface area contributed by atoms with E-state index in [0.29, 0.717) is 0 Å². The van der Waals surface area contributed by atoms with Crippen molar-refractivity contribution < 1.29 is 23.2 Å². The number of hydrogen-bond acceptors (Lipinski definition) is 5. The number of halogens is 1. The van der Waals surface area contributed by atoms with Crippen LogP contribution in [0.4, 0.5) is 4.39 Å². The molecule has 0 saturated heterocycles. The molecule has 0 aliphatic rings. The van der Waals surface area contributed by atoms with Gasteiger partial charge < -0.3 is 14.2 Å². The highest BCUT2D eigenvalue weighted by Crippen LogP contribution is 2.24. The van der Waals surface area contributed by atoms with Gasteiger partial charge in [0.15, 0.2) is 11.5 Å². The van der Waals surface area contributed by atoms with Crippen LogP contribution in [0.2, 0.25) is 0 Å². The molecule has 27 heavy (non-hydrogen) atoms. The Labute approximate surface area is 155 Å². The lowest BCUT2D eigenvalue weighted by Crippen LogP contribution is -2.35. The van der Waals surface area contributed by atoms with Crippen molar-refractivity contribution in [1.29, 1.82) is 0 Å². The lowest BCUT2D eigenvalue weighted by Gasteiger charge is -2.20. The average molecular weight is 368 g/mol. The fraction of sp³-hybridized carbons (Fsp3) is 0.150. The molecule has 138 valence electrons. The quantitative estimate of drug-likeness (QED) is 0.624. The van der Waals surface area contributed by atoms with E-state index in [4.69, 9.17) is 4.52 Å². The van der Waals surface area contributed by atoms with Crippen molar-refractivity contribution in [3.05, 3.63) is 77.7 Å². The van der Waals surface area contributed by atoms with Crippen LogP contribution in [0, 0.1) is 5.82 Å². The number of ether oxygens (including phenoxy) is 1. The maximum atomic E-state index is 13.9. The Morgan fingerprint density at radius 3 is 2.52 bits per heavy atom. The predicted molar refractivity (Wildman–Crippen MR) is 95.1 cm³/mol. The minimum atomic E-state index is -0.558. The van der Waals surface area contributed by atoms with Crippen molar-refractivity contribution in [2.24, 2.45) is 0 Å². The number of rotatable bonds is 6. The molecule has 0 saturated carbocycles. The molecule has 3 aromatic rings. The third-order valence-electron chi connectivity index (χ3n) is 3.92. The van der Waals surface area contributed by atoms with Gasteiger partial charge in [0.2, 0.25) is 0 Å². The van der Waals surface area contributed by atoms with Crippen LogP contribution in [0.1, 0.15) is 16.1 Å². The lowest BCUT2D eigenvalue weighted by atomic mass is 10.1. The van der Waals surface area contributed by atoms with Crippen LogP contribution in [0.15, 0.2) is 65.2 Å². The number of amides is 1. The zero-order valence-electron chi connectivity index (χ0n) is 14.6. The van der Waals surface area contributed by atoms with E-state index >= 15 is 0 Å². The number of hydrogen-bond donors (Lipinski definition) is 0. The molecule has 0 fully saturated rings. The van der Waals surface area contributed by atoms with Gasteiger partial charge in [0.1, 0.15) is 12.4 Å². The Bertz CT molecular complexity index is 940. The fourth-order valence-electron chi connectivity index (χ4n) is 2.55. The molecule has 0 bridgehead atoms. The monoisotopic (exact) mass is 368 g/mol. The first-order valence-electron chi connectivity index (χ1n) is 8.20. The highest BCUT2D eigenvalue weighted by molar-refractivity contribution is 5.95. The van der Waals surface area contributed by atoms with E-state index < -0.39 is 17.7 Å². The van der Waals surface area contributed by atoms with E-state index in [1.165, 1.54) is 30.2 Å². The van der Waals surface area contributed by atoms with Crippen molar-refractivity contribution in [2.75, 3.05) is 13.7 Å². The average Bonchev–Trinajstić information content (AvgIpc) is 3.18. The van der Waals surface area contributed by atoms with Crippen LogP contribution < -0.4 is 0 Å². The molecular formula is C20H17FN2O4. The fourth-order valence-corrected chi connectivity index (χ4v) is 2.55. The van der Waals surface area contributed by atoms with E-state index in [2.05, 4.69) is 9.89 Å². The normalized spacial score (nSPS) is 10.4. The van der Waals surface area contributed by atoms with E-state index in [1.807, 2.05) is 30.3 Å². The van der Waals surface area contributed by atoms with Crippen LogP contribution in [0.3, 0.4) is 0 Å². The van der Waals surface area contributed by atoms with Gasteiger partial charge in [-0.3, -0.25) is 9.59 Å². The third-order valence-corrected chi connectivity index (χ3v) is 3.92. The molecular weight excluding hydrogens is 351 g/mol. The second-order valence-corrected chi connectivity index (χ2v) is 5.78. The molecule has 3 rings (SSSR count). The van der Waals surface area contributed by atoms with Crippen molar-refractivity contribution in [1.82, 2.24) is 10.1 Å². The first-order valence-corrected chi connectivity index (χ1v) is 8.20. The standard InChI is InChI=1S/C20H17FN2O4/c1-26-19(24)13-23(12-14-7-3-2-4-8-14)20(25)17-11-18(27-22-17)15-9-5-6-10-16(15)21/h2-11H,12-13H2,1H3. The molecule has 6 nitrogen and oxygen atoms in total. The largest absolute Gasteiger partial charge is 0.468 e. The Hall–Kier alpha value is -3.48. The van der Waals surface area contributed by atoms with Gasteiger partial charge in [0.05, 0.1) is 12.7 Å². The van der Waals surface area contributed by atoms with Crippen molar-refractivity contribution in [3.63, 3.8) is 0 Å². The summed E-state index contributed by atoms with van der Waals surface area (Å²) in [6.07, 6.45) is 0. The number of benzene rings is 2. The summed E-state index contributed by atoms with van der Waals surface area (Å²) >= 11 is 0. The Balaban J connectivity index is 1.85. The van der Waals surface area contributed by atoms with E-state index in [9.17, 15) is 14.0 Å². The third kappa shape index (κ3) is 4.38. The number of carbonyl (C=O) groups excluding carboxylic acids is 2. The molecule has 1 aromatic heterocycles. The number of esters is 1. The zero-order chi connectivity index (χ0) is 19.2. The van der Waals surface area contributed by atoms with Gasteiger partial charge in [-0.25, -0.2) is 4.39 Å². The molecule has 0 radical (unpaired) electrons. The summed E-state index contributed by atoms with van der Waals surface area (Å²) in [6.45, 7) is -0.0528. The molecule has 0 N–H and O–H groups in total.